The van der Waals surface area contributed by atoms with Gasteiger partial charge in [0, 0.05) is 24.4 Å². The summed E-state index contributed by atoms with van der Waals surface area (Å²) in [4.78, 5) is 12.3. The van der Waals surface area contributed by atoms with Gasteiger partial charge in [0.25, 0.3) is 0 Å². The van der Waals surface area contributed by atoms with Crippen molar-refractivity contribution in [2.24, 2.45) is 0 Å². The average Bonchev–Trinajstić information content (AvgIpc) is 3.21. The second kappa shape index (κ2) is 8.03. The Bertz CT molecular complexity index is 743. The molecule has 4 rings (SSSR count). The number of H-pyrrole nitrogens is 1. The van der Waals surface area contributed by atoms with Crippen LogP contribution in [-0.4, -0.2) is 39.0 Å². The number of hydrogen-bond acceptors (Lipinski definition) is 4. The molecule has 26 heavy (non-hydrogen) atoms. The summed E-state index contributed by atoms with van der Waals surface area (Å²) in [6.07, 6.45) is 10.1. The SMILES string of the molecule is O=C(Cn1ccc(C2CCCNC2)n1)NCc1n[nH]c2c1CCCCC2. The molecule has 3 N–H and O–H groups in total. The van der Waals surface area contributed by atoms with Gasteiger partial charge in [-0.1, -0.05) is 6.42 Å². The Labute approximate surface area is 153 Å². The average molecular weight is 356 g/mol. The molecule has 1 amide bonds. The molecule has 2 aromatic heterocycles. The number of rotatable bonds is 5. The topological polar surface area (TPSA) is 87.6 Å². The molecule has 0 aromatic carbocycles. The lowest BCUT2D eigenvalue weighted by Crippen LogP contribution is -2.29. The molecule has 2 aromatic rings. The van der Waals surface area contributed by atoms with E-state index >= 15 is 0 Å². The third kappa shape index (κ3) is 3.98. The van der Waals surface area contributed by atoms with Crippen molar-refractivity contribution in [3.63, 3.8) is 0 Å². The molecular formula is C19H28N6O. The van der Waals surface area contributed by atoms with Crippen LogP contribution in [0.1, 0.15) is 60.7 Å². The molecule has 0 bridgehead atoms. The number of nitrogens with one attached hydrogen (secondary N) is 3. The number of aromatic amines is 1. The van der Waals surface area contributed by atoms with Gasteiger partial charge in [0.2, 0.25) is 5.91 Å². The van der Waals surface area contributed by atoms with Crippen LogP contribution < -0.4 is 10.6 Å². The van der Waals surface area contributed by atoms with Crippen molar-refractivity contribution in [3.8, 4) is 0 Å². The number of carbonyl (C=O) groups excluding carboxylic acids is 1. The Kier molecular flexibility index (Phi) is 5.34. The van der Waals surface area contributed by atoms with E-state index in [0.29, 0.717) is 12.5 Å². The van der Waals surface area contributed by atoms with E-state index in [-0.39, 0.29) is 12.5 Å². The number of fused-ring (bicyclic) bond motifs is 1. The van der Waals surface area contributed by atoms with Gasteiger partial charge in [0.15, 0.2) is 0 Å². The lowest BCUT2D eigenvalue weighted by Gasteiger charge is -2.20. The smallest absolute Gasteiger partial charge is 0.242 e. The number of aromatic nitrogens is 4. The second-order valence-corrected chi connectivity index (χ2v) is 7.45. The summed E-state index contributed by atoms with van der Waals surface area (Å²) in [5.41, 5.74) is 4.64. The molecule has 3 heterocycles. The Morgan fingerprint density at radius 2 is 2.19 bits per heavy atom. The lowest BCUT2D eigenvalue weighted by atomic mass is 9.97. The van der Waals surface area contributed by atoms with Gasteiger partial charge in [-0.2, -0.15) is 10.2 Å². The monoisotopic (exact) mass is 356 g/mol. The molecule has 0 radical (unpaired) electrons. The van der Waals surface area contributed by atoms with Gasteiger partial charge in [0.1, 0.15) is 6.54 Å². The summed E-state index contributed by atoms with van der Waals surface area (Å²) >= 11 is 0. The van der Waals surface area contributed by atoms with Gasteiger partial charge in [-0.25, -0.2) is 0 Å². The van der Waals surface area contributed by atoms with Gasteiger partial charge in [0.05, 0.1) is 17.9 Å². The normalized spacial score (nSPS) is 20.4. The zero-order valence-corrected chi connectivity index (χ0v) is 15.3. The molecule has 0 spiro atoms. The molecule has 1 aliphatic carbocycles. The molecule has 140 valence electrons. The van der Waals surface area contributed by atoms with Crippen LogP contribution in [0.2, 0.25) is 0 Å². The first-order valence-corrected chi connectivity index (χ1v) is 9.85. The largest absolute Gasteiger partial charge is 0.349 e. The van der Waals surface area contributed by atoms with Gasteiger partial charge < -0.3 is 10.6 Å². The van der Waals surface area contributed by atoms with Crippen LogP contribution in [0.4, 0.5) is 0 Å². The van der Waals surface area contributed by atoms with Gasteiger partial charge >= 0.3 is 0 Å². The van der Waals surface area contributed by atoms with E-state index in [1.807, 2.05) is 12.3 Å². The number of piperidine rings is 1. The second-order valence-electron chi connectivity index (χ2n) is 7.45. The van der Waals surface area contributed by atoms with Crippen molar-refractivity contribution < 1.29 is 4.79 Å². The highest BCUT2D eigenvalue weighted by atomic mass is 16.2. The zero-order valence-electron chi connectivity index (χ0n) is 15.3. The molecule has 1 unspecified atom stereocenters. The van der Waals surface area contributed by atoms with Crippen molar-refractivity contribution in [2.45, 2.75) is 64.0 Å². The van der Waals surface area contributed by atoms with Crippen molar-refractivity contribution >= 4 is 5.91 Å². The molecule has 1 fully saturated rings. The maximum atomic E-state index is 12.3. The standard InChI is InChI=1S/C19H28N6O/c26-19(13-25-10-8-16(24-25)14-5-4-9-20-11-14)21-12-18-15-6-2-1-3-7-17(15)22-23-18/h8,10,14,20H,1-7,9,11-13H2,(H,21,26)(H,22,23). The third-order valence-corrected chi connectivity index (χ3v) is 5.53. The molecule has 1 aliphatic heterocycles. The van der Waals surface area contributed by atoms with E-state index < -0.39 is 0 Å². The molecule has 1 atom stereocenters. The quantitative estimate of drug-likeness (QED) is 0.711. The van der Waals surface area contributed by atoms with E-state index in [2.05, 4.69) is 25.9 Å². The Balaban J connectivity index is 1.30. The first-order valence-electron chi connectivity index (χ1n) is 9.85. The maximum absolute atomic E-state index is 12.3. The van der Waals surface area contributed by atoms with Crippen LogP contribution >= 0.6 is 0 Å². The van der Waals surface area contributed by atoms with Gasteiger partial charge in [-0.05, 0) is 56.7 Å². The van der Waals surface area contributed by atoms with Crippen molar-refractivity contribution in [1.29, 1.82) is 0 Å². The Morgan fingerprint density at radius 3 is 3.08 bits per heavy atom. The highest BCUT2D eigenvalue weighted by molar-refractivity contribution is 5.75. The summed E-state index contributed by atoms with van der Waals surface area (Å²) in [7, 11) is 0. The van der Waals surface area contributed by atoms with E-state index in [4.69, 9.17) is 0 Å². The predicted molar refractivity (Wildman–Crippen MR) is 98.8 cm³/mol. The number of hydrogen-bond donors (Lipinski definition) is 3. The fraction of sp³-hybridized carbons (Fsp3) is 0.632. The van der Waals surface area contributed by atoms with Gasteiger partial charge in [-0.3, -0.25) is 14.6 Å². The first-order chi connectivity index (χ1) is 12.8. The zero-order chi connectivity index (χ0) is 17.8. The van der Waals surface area contributed by atoms with Crippen LogP contribution in [0.3, 0.4) is 0 Å². The van der Waals surface area contributed by atoms with Crippen molar-refractivity contribution in [2.75, 3.05) is 13.1 Å². The van der Waals surface area contributed by atoms with Crippen LogP contribution in [0.5, 0.6) is 0 Å². The first kappa shape index (κ1) is 17.3. The van der Waals surface area contributed by atoms with E-state index in [9.17, 15) is 4.79 Å². The third-order valence-electron chi connectivity index (χ3n) is 5.53. The van der Waals surface area contributed by atoms with Crippen LogP contribution in [0.15, 0.2) is 12.3 Å². The molecule has 2 aliphatic rings. The minimum Gasteiger partial charge on any atom is -0.349 e. The Hall–Kier alpha value is -2.15. The number of aryl methyl sites for hydroxylation is 1. The summed E-state index contributed by atoms with van der Waals surface area (Å²) in [5, 5.41) is 18.6. The van der Waals surface area contributed by atoms with Crippen molar-refractivity contribution in [1.82, 2.24) is 30.6 Å². The molecule has 0 saturated carbocycles. The highest BCUT2D eigenvalue weighted by Crippen LogP contribution is 2.22. The molecule has 7 heteroatoms. The minimum absolute atomic E-state index is 0.0215. The number of nitrogens with zero attached hydrogens (tertiary/aromatic N) is 3. The molecule has 1 saturated heterocycles. The lowest BCUT2D eigenvalue weighted by molar-refractivity contribution is -0.122. The number of amides is 1. The summed E-state index contributed by atoms with van der Waals surface area (Å²) in [5.74, 6) is 0.444. The molecular weight excluding hydrogens is 328 g/mol. The summed E-state index contributed by atoms with van der Waals surface area (Å²) < 4.78 is 1.74. The minimum atomic E-state index is -0.0215. The van der Waals surface area contributed by atoms with E-state index in [1.165, 1.54) is 43.4 Å². The maximum Gasteiger partial charge on any atom is 0.242 e. The highest BCUT2D eigenvalue weighted by Gasteiger charge is 2.19. The van der Waals surface area contributed by atoms with Crippen LogP contribution in [-0.2, 0) is 30.7 Å². The fourth-order valence-corrected chi connectivity index (χ4v) is 4.05. The van der Waals surface area contributed by atoms with Crippen LogP contribution in [0.25, 0.3) is 0 Å². The molecule has 7 nitrogen and oxygen atoms in total. The van der Waals surface area contributed by atoms with Gasteiger partial charge in [-0.15, -0.1) is 0 Å². The fourth-order valence-electron chi connectivity index (χ4n) is 4.05. The predicted octanol–water partition coefficient (Wildman–Crippen LogP) is 1.66. The van der Waals surface area contributed by atoms with Crippen LogP contribution in [0, 0.1) is 0 Å². The summed E-state index contributed by atoms with van der Waals surface area (Å²) in [6.45, 7) is 2.82. The van der Waals surface area contributed by atoms with E-state index in [1.54, 1.807) is 4.68 Å². The summed E-state index contributed by atoms with van der Waals surface area (Å²) in [6, 6.07) is 2.04. The van der Waals surface area contributed by atoms with E-state index in [0.717, 1.165) is 37.3 Å². The number of carbonyl (C=O) groups is 1. The van der Waals surface area contributed by atoms with Crippen molar-refractivity contribution in [3.05, 3.63) is 34.9 Å². The Morgan fingerprint density at radius 1 is 1.27 bits per heavy atom.